The van der Waals surface area contributed by atoms with Gasteiger partial charge in [0.25, 0.3) is 0 Å². The number of aliphatic hydroxyl groups is 5. The van der Waals surface area contributed by atoms with E-state index in [1.165, 1.54) is 14.0 Å². The highest BCUT2D eigenvalue weighted by Crippen LogP contribution is 2.41. The molecule has 3 rings (SSSR count). The molecule has 0 aliphatic carbocycles. The number of ether oxygens (including phenoxy) is 6. The zero-order valence-corrected chi connectivity index (χ0v) is 33.0. The number of hydrogen-bond donors (Lipinski definition) is 6. The number of carbonyl (C=O) groups is 1. The smallest absolute Gasteiger partial charge is 0.311 e. The molecule has 0 saturated carbocycles. The summed E-state index contributed by atoms with van der Waals surface area (Å²) in [5.74, 6) is -3.71. The molecule has 0 aromatic heterocycles. The molecule has 298 valence electrons. The zero-order valence-electron chi connectivity index (χ0n) is 33.0. The van der Waals surface area contributed by atoms with Crippen molar-refractivity contribution in [3.05, 3.63) is 11.3 Å². The van der Waals surface area contributed by atoms with E-state index in [0.29, 0.717) is 6.42 Å². The van der Waals surface area contributed by atoms with Gasteiger partial charge in [0.05, 0.1) is 42.5 Å². The van der Waals surface area contributed by atoms with E-state index in [1.54, 1.807) is 55.4 Å². The number of cyclic esters (lactones) is 1. The average Bonchev–Trinajstić information content (AvgIpc) is 3.06. The summed E-state index contributed by atoms with van der Waals surface area (Å²) in [4.78, 5) is 16.0. The van der Waals surface area contributed by atoms with E-state index in [4.69, 9.17) is 34.2 Å². The predicted octanol–water partition coefficient (Wildman–Crippen LogP) is 1.67. The summed E-state index contributed by atoms with van der Waals surface area (Å²) in [5.41, 5.74) is 2.55. The number of rotatable bonds is 7. The lowest BCUT2D eigenvalue weighted by Gasteiger charge is -2.49. The molecule has 0 unspecified atom stereocenters. The Kier molecular flexibility index (Phi) is 14.6. The summed E-state index contributed by atoms with van der Waals surface area (Å²) in [5, 5.41) is 58.2. The Balaban J connectivity index is 2.20. The molecule has 2 saturated heterocycles. The second-order valence-corrected chi connectivity index (χ2v) is 16.4. The number of likely N-dealkylation sites (N-methyl/N-ethyl adjacent to an activating group) is 1. The first-order valence-electron chi connectivity index (χ1n) is 18.4. The number of hydrogen-bond acceptors (Lipinski definition) is 14. The first-order valence-corrected chi connectivity index (χ1v) is 18.4. The summed E-state index contributed by atoms with van der Waals surface area (Å²) < 4.78 is 37.1. The van der Waals surface area contributed by atoms with Gasteiger partial charge in [-0.25, -0.2) is 0 Å². The first-order chi connectivity index (χ1) is 23.4. The normalized spacial score (nSPS) is 48.3. The van der Waals surface area contributed by atoms with E-state index in [2.05, 4.69) is 0 Å². The Bertz CT molecular complexity index is 1200. The van der Waals surface area contributed by atoms with Crippen LogP contribution in [0.15, 0.2) is 11.3 Å². The van der Waals surface area contributed by atoms with Gasteiger partial charge in [-0.1, -0.05) is 27.7 Å². The van der Waals surface area contributed by atoms with Crippen LogP contribution in [0.4, 0.5) is 0 Å². The molecule has 14 nitrogen and oxygen atoms in total. The summed E-state index contributed by atoms with van der Waals surface area (Å²) in [6.07, 6.45) is -8.55. The minimum atomic E-state index is -1.91. The summed E-state index contributed by atoms with van der Waals surface area (Å²) >= 11 is 0. The minimum Gasteiger partial charge on any atom is -0.459 e. The van der Waals surface area contributed by atoms with Crippen molar-refractivity contribution in [2.24, 2.45) is 29.4 Å². The van der Waals surface area contributed by atoms with E-state index >= 15 is 0 Å². The van der Waals surface area contributed by atoms with Gasteiger partial charge >= 0.3 is 5.97 Å². The maximum absolute atomic E-state index is 14.1. The Morgan fingerprint density at radius 2 is 1.59 bits per heavy atom. The fourth-order valence-electron chi connectivity index (χ4n) is 8.20. The summed E-state index contributed by atoms with van der Waals surface area (Å²) in [6.45, 7) is 16.9. The van der Waals surface area contributed by atoms with Crippen LogP contribution in [-0.4, -0.2) is 142 Å². The van der Waals surface area contributed by atoms with Crippen LogP contribution in [0, 0.1) is 23.7 Å². The first kappa shape index (κ1) is 44.0. The van der Waals surface area contributed by atoms with Gasteiger partial charge in [0.2, 0.25) is 0 Å². The van der Waals surface area contributed by atoms with Crippen LogP contribution in [0.1, 0.15) is 88.5 Å². The van der Waals surface area contributed by atoms with Crippen molar-refractivity contribution in [3.63, 3.8) is 0 Å². The van der Waals surface area contributed by atoms with Gasteiger partial charge in [0, 0.05) is 30.7 Å². The summed E-state index contributed by atoms with van der Waals surface area (Å²) in [6, 6.07) is -0.299. The highest BCUT2D eigenvalue weighted by molar-refractivity contribution is 5.73. The Morgan fingerprint density at radius 3 is 2.14 bits per heavy atom. The predicted molar refractivity (Wildman–Crippen MR) is 189 cm³/mol. The maximum Gasteiger partial charge on any atom is 0.311 e. The second-order valence-electron chi connectivity index (χ2n) is 16.4. The number of esters is 1. The zero-order chi connectivity index (χ0) is 39.0. The van der Waals surface area contributed by atoms with Gasteiger partial charge in [0.1, 0.15) is 29.5 Å². The van der Waals surface area contributed by atoms with Crippen molar-refractivity contribution in [2.45, 2.75) is 167 Å². The van der Waals surface area contributed by atoms with Crippen LogP contribution in [0.2, 0.25) is 0 Å². The molecule has 0 radical (unpaired) electrons. The number of methoxy groups -OCH3 is 1. The molecule has 0 aromatic carbocycles. The van der Waals surface area contributed by atoms with E-state index in [9.17, 15) is 30.3 Å². The van der Waals surface area contributed by atoms with Crippen LogP contribution in [0.3, 0.4) is 0 Å². The molecular formula is C37H68N2O12. The molecule has 14 heteroatoms. The molecule has 7 N–H and O–H groups in total. The fourth-order valence-corrected chi connectivity index (χ4v) is 8.20. The SMILES string of the molecule is CC[C@@H]1OC(=O)[C@H](C)[C@H](O[C@@H]2OC[C@@](C)(OC)[C@@H](O)[C@@H]2C)[C@H](C)[C@H](O[C@@H]2O[C@H](C)C[C@H](N(C)C)[C@H]2O)[C@](C)(O)C[C@H](C)C(N)=C(C)[C@H](O)[C@@]1(C)O. The number of carbonyl (C=O) groups excluding carboxylic acids is 1. The molecule has 0 aromatic rings. The lowest BCUT2D eigenvalue weighted by Crippen LogP contribution is -2.61. The third kappa shape index (κ3) is 9.27. The second kappa shape index (κ2) is 16.9. The van der Waals surface area contributed by atoms with Crippen LogP contribution >= 0.6 is 0 Å². The van der Waals surface area contributed by atoms with E-state index in [1.807, 2.05) is 25.9 Å². The molecule has 17 atom stereocenters. The van der Waals surface area contributed by atoms with Gasteiger partial charge in [0.15, 0.2) is 12.6 Å². The molecule has 2 fully saturated rings. The van der Waals surface area contributed by atoms with Gasteiger partial charge in [-0.05, 0) is 86.4 Å². The highest BCUT2D eigenvalue weighted by Gasteiger charge is 2.53. The number of nitrogens with zero attached hydrogens (tertiary/aromatic N) is 1. The molecule has 51 heavy (non-hydrogen) atoms. The third-order valence-corrected chi connectivity index (χ3v) is 11.8. The Hall–Kier alpha value is -1.43. The van der Waals surface area contributed by atoms with Crippen LogP contribution in [0.25, 0.3) is 0 Å². The van der Waals surface area contributed by atoms with E-state index < -0.39 is 95.6 Å². The molecule has 0 spiro atoms. The van der Waals surface area contributed by atoms with Crippen molar-refractivity contribution >= 4 is 5.97 Å². The van der Waals surface area contributed by atoms with Gasteiger partial charge in [-0.15, -0.1) is 0 Å². The number of allylic oxidation sites excluding steroid dienone is 1. The number of aliphatic hydroxyl groups excluding tert-OH is 3. The molecule has 3 aliphatic rings. The molecule has 3 aliphatic heterocycles. The van der Waals surface area contributed by atoms with Crippen molar-refractivity contribution in [1.29, 1.82) is 0 Å². The van der Waals surface area contributed by atoms with E-state index in [0.717, 1.165) is 0 Å². The average molecular weight is 733 g/mol. The molecule has 0 bridgehead atoms. The van der Waals surface area contributed by atoms with Gasteiger partial charge in [-0.2, -0.15) is 0 Å². The van der Waals surface area contributed by atoms with Crippen LogP contribution in [0.5, 0.6) is 0 Å². The number of nitrogens with two attached hydrogens (primary N) is 1. The highest BCUT2D eigenvalue weighted by atomic mass is 16.7. The fraction of sp³-hybridized carbons (Fsp3) is 0.919. The third-order valence-electron chi connectivity index (χ3n) is 11.8. The minimum absolute atomic E-state index is 0.00427. The van der Waals surface area contributed by atoms with Crippen molar-refractivity contribution in [3.8, 4) is 0 Å². The van der Waals surface area contributed by atoms with Gasteiger partial charge in [-0.3, -0.25) is 4.79 Å². The summed E-state index contributed by atoms with van der Waals surface area (Å²) in [7, 11) is 5.22. The maximum atomic E-state index is 14.1. The van der Waals surface area contributed by atoms with Crippen LogP contribution < -0.4 is 5.73 Å². The largest absolute Gasteiger partial charge is 0.459 e. The quantitative estimate of drug-likeness (QED) is 0.206. The monoisotopic (exact) mass is 732 g/mol. The molecule has 0 amide bonds. The molecule has 3 heterocycles. The van der Waals surface area contributed by atoms with Gasteiger partial charge < -0.3 is 64.6 Å². The lowest BCUT2D eigenvalue weighted by molar-refractivity contribution is -0.319. The van der Waals surface area contributed by atoms with Crippen molar-refractivity contribution in [1.82, 2.24) is 4.90 Å². The Labute approximate surface area is 304 Å². The standard InChI is InChI=1S/C37H68N2O12/c1-14-25-37(10,45)30(42)20(4)26(38)18(2)16-35(8,44)31(51-34-27(40)24(39(11)12)15-19(3)48-34)21(5)28(22(6)32(43)49-25)50-33-23(7)29(41)36(9,46-13)17-47-33/h18-19,21-25,27-31,33-34,40-42,44-45H,14-17,38H2,1-13H3/t18-,19+,21-,22+,23-,24-,25-,27+,28+,29-,30-,31-,33-,34-,35+,36+,37-/m0/s1. The van der Waals surface area contributed by atoms with E-state index in [-0.39, 0.29) is 42.9 Å². The Morgan fingerprint density at radius 1 is 0.980 bits per heavy atom. The molecular weight excluding hydrogens is 664 g/mol. The van der Waals surface area contributed by atoms with Crippen molar-refractivity contribution in [2.75, 3.05) is 27.8 Å². The van der Waals surface area contributed by atoms with Crippen molar-refractivity contribution < 1.29 is 58.7 Å². The topological polar surface area (TPSA) is 203 Å². The van der Waals surface area contributed by atoms with Crippen LogP contribution in [-0.2, 0) is 33.2 Å². The lowest BCUT2D eigenvalue weighted by atomic mass is 9.76.